The summed E-state index contributed by atoms with van der Waals surface area (Å²) in [5.41, 5.74) is 1.02. The van der Waals surface area contributed by atoms with Gasteiger partial charge in [-0.05, 0) is 31.0 Å². The van der Waals surface area contributed by atoms with Crippen molar-refractivity contribution in [1.82, 2.24) is 4.90 Å². The minimum Gasteiger partial charge on any atom is -0.395 e. The van der Waals surface area contributed by atoms with Gasteiger partial charge in [-0.25, -0.2) is 4.39 Å². The summed E-state index contributed by atoms with van der Waals surface area (Å²) in [6.45, 7) is 1.10. The molecule has 4 heteroatoms. The topological polar surface area (TPSA) is 47.3 Å². The van der Waals surface area contributed by atoms with E-state index in [0.717, 1.165) is 12.8 Å². The zero-order chi connectivity index (χ0) is 13.7. The zero-order valence-corrected chi connectivity index (χ0v) is 11.0. The van der Waals surface area contributed by atoms with Crippen LogP contribution in [-0.2, 0) is 6.54 Å². The highest BCUT2D eigenvalue weighted by Gasteiger charge is 2.23. The fourth-order valence-electron chi connectivity index (χ4n) is 2.77. The van der Waals surface area contributed by atoms with Crippen LogP contribution in [0.4, 0.5) is 4.39 Å². The van der Waals surface area contributed by atoms with Crippen LogP contribution < -0.4 is 0 Å². The van der Waals surface area contributed by atoms with E-state index in [0.29, 0.717) is 30.3 Å². The van der Waals surface area contributed by atoms with Crippen molar-refractivity contribution in [3.8, 4) is 6.07 Å². The van der Waals surface area contributed by atoms with Crippen molar-refractivity contribution in [2.45, 2.75) is 38.3 Å². The molecule has 0 unspecified atom stereocenters. The summed E-state index contributed by atoms with van der Waals surface area (Å²) in [6.07, 6.45) is 4.62. The van der Waals surface area contributed by atoms with Crippen LogP contribution in [0.3, 0.4) is 0 Å². The highest BCUT2D eigenvalue weighted by Crippen LogP contribution is 2.25. The van der Waals surface area contributed by atoms with Gasteiger partial charge in [0, 0.05) is 24.7 Å². The summed E-state index contributed by atoms with van der Waals surface area (Å²) in [6, 6.07) is 6.91. The van der Waals surface area contributed by atoms with E-state index in [1.807, 2.05) is 6.07 Å². The minimum atomic E-state index is -0.278. The van der Waals surface area contributed by atoms with E-state index in [2.05, 4.69) is 4.90 Å². The Balaban J connectivity index is 2.14. The number of benzene rings is 1. The van der Waals surface area contributed by atoms with E-state index in [9.17, 15) is 4.39 Å². The van der Waals surface area contributed by atoms with Crippen LogP contribution in [0.25, 0.3) is 0 Å². The summed E-state index contributed by atoms with van der Waals surface area (Å²) in [7, 11) is 0. The van der Waals surface area contributed by atoms with E-state index in [1.165, 1.54) is 25.0 Å². The number of rotatable bonds is 5. The molecular weight excluding hydrogens is 243 g/mol. The lowest BCUT2D eigenvalue weighted by Gasteiger charge is -2.28. The van der Waals surface area contributed by atoms with E-state index < -0.39 is 0 Å². The number of nitrogens with zero attached hydrogens (tertiary/aromatic N) is 2. The summed E-state index contributed by atoms with van der Waals surface area (Å²) in [4.78, 5) is 2.13. The molecule has 0 amide bonds. The van der Waals surface area contributed by atoms with Gasteiger partial charge >= 0.3 is 0 Å². The van der Waals surface area contributed by atoms with Crippen LogP contribution >= 0.6 is 0 Å². The Morgan fingerprint density at radius 1 is 1.37 bits per heavy atom. The van der Waals surface area contributed by atoms with Gasteiger partial charge < -0.3 is 5.11 Å². The van der Waals surface area contributed by atoms with Crippen LogP contribution in [0.5, 0.6) is 0 Å². The van der Waals surface area contributed by atoms with Gasteiger partial charge in [0.25, 0.3) is 0 Å². The molecule has 0 spiro atoms. The molecule has 0 aromatic heterocycles. The molecule has 0 aliphatic heterocycles. The molecule has 1 aliphatic rings. The second-order valence-electron chi connectivity index (χ2n) is 5.05. The first-order valence-electron chi connectivity index (χ1n) is 6.78. The Bertz CT molecular complexity index is 464. The molecular formula is C15H19FN2O. The lowest BCUT2D eigenvalue weighted by Crippen LogP contribution is -2.35. The fourth-order valence-corrected chi connectivity index (χ4v) is 2.77. The molecule has 0 atom stereocenters. The van der Waals surface area contributed by atoms with Gasteiger partial charge in [-0.15, -0.1) is 0 Å². The highest BCUT2D eigenvalue weighted by molar-refractivity contribution is 5.33. The van der Waals surface area contributed by atoms with Crippen LogP contribution in [-0.4, -0.2) is 29.2 Å². The van der Waals surface area contributed by atoms with Crippen LogP contribution in [0, 0.1) is 17.1 Å². The zero-order valence-electron chi connectivity index (χ0n) is 11.0. The monoisotopic (exact) mass is 262 g/mol. The lowest BCUT2D eigenvalue weighted by atomic mass is 10.1. The maximum absolute atomic E-state index is 13.8. The molecule has 1 aromatic carbocycles. The SMILES string of the molecule is N#Cc1ccc(F)c(CN(CCO)C2CCCC2)c1. The molecule has 102 valence electrons. The molecule has 0 bridgehead atoms. The van der Waals surface area contributed by atoms with Gasteiger partial charge in [0.1, 0.15) is 5.82 Å². The normalized spacial score (nSPS) is 15.9. The fraction of sp³-hybridized carbons (Fsp3) is 0.533. The lowest BCUT2D eigenvalue weighted by molar-refractivity contribution is 0.143. The first kappa shape index (κ1) is 14.0. The molecule has 1 aromatic rings. The average molecular weight is 262 g/mol. The molecule has 3 nitrogen and oxygen atoms in total. The van der Waals surface area contributed by atoms with Gasteiger partial charge in [-0.2, -0.15) is 5.26 Å². The summed E-state index contributed by atoms with van der Waals surface area (Å²) in [5.74, 6) is -0.278. The van der Waals surface area contributed by atoms with Crippen LogP contribution in [0.2, 0.25) is 0 Å². The molecule has 1 N–H and O–H groups in total. The number of nitriles is 1. The molecule has 1 saturated carbocycles. The second-order valence-corrected chi connectivity index (χ2v) is 5.05. The summed E-state index contributed by atoms with van der Waals surface area (Å²) >= 11 is 0. The van der Waals surface area contributed by atoms with E-state index >= 15 is 0 Å². The van der Waals surface area contributed by atoms with Gasteiger partial charge in [0.2, 0.25) is 0 Å². The molecule has 2 rings (SSSR count). The Morgan fingerprint density at radius 2 is 2.11 bits per heavy atom. The quantitative estimate of drug-likeness (QED) is 0.886. The highest BCUT2D eigenvalue weighted by atomic mass is 19.1. The molecule has 1 fully saturated rings. The largest absolute Gasteiger partial charge is 0.395 e. The molecule has 0 saturated heterocycles. The predicted octanol–water partition coefficient (Wildman–Crippen LogP) is 2.43. The molecule has 1 aliphatic carbocycles. The Labute approximate surface area is 113 Å². The maximum Gasteiger partial charge on any atom is 0.127 e. The van der Waals surface area contributed by atoms with E-state index in [4.69, 9.17) is 10.4 Å². The van der Waals surface area contributed by atoms with Crippen molar-refractivity contribution >= 4 is 0 Å². The summed E-state index contributed by atoms with van der Waals surface area (Å²) in [5, 5.41) is 18.0. The number of aliphatic hydroxyl groups excluding tert-OH is 1. The first-order valence-corrected chi connectivity index (χ1v) is 6.78. The number of halogens is 1. The smallest absolute Gasteiger partial charge is 0.127 e. The van der Waals surface area contributed by atoms with Gasteiger partial charge in [0.15, 0.2) is 0 Å². The van der Waals surface area contributed by atoms with Crippen molar-refractivity contribution in [2.75, 3.05) is 13.2 Å². The Hall–Kier alpha value is -1.44. The first-order chi connectivity index (χ1) is 9.24. The van der Waals surface area contributed by atoms with Crippen molar-refractivity contribution in [2.24, 2.45) is 0 Å². The number of hydrogen-bond donors (Lipinski definition) is 1. The van der Waals surface area contributed by atoms with Gasteiger partial charge in [-0.3, -0.25) is 4.90 Å². The molecule has 0 radical (unpaired) electrons. The van der Waals surface area contributed by atoms with Crippen molar-refractivity contribution in [1.29, 1.82) is 5.26 Å². The average Bonchev–Trinajstić information content (AvgIpc) is 2.94. The molecule has 0 heterocycles. The van der Waals surface area contributed by atoms with E-state index in [1.54, 1.807) is 6.07 Å². The summed E-state index contributed by atoms with van der Waals surface area (Å²) < 4.78 is 13.8. The van der Waals surface area contributed by atoms with Crippen molar-refractivity contribution in [3.05, 3.63) is 35.1 Å². The standard InChI is InChI=1S/C15H19FN2O/c16-15-6-5-12(10-17)9-13(15)11-18(7-8-19)14-3-1-2-4-14/h5-6,9,14,19H,1-4,7-8,11H2. The maximum atomic E-state index is 13.8. The van der Waals surface area contributed by atoms with Gasteiger partial charge in [-0.1, -0.05) is 12.8 Å². The Morgan fingerprint density at radius 3 is 2.74 bits per heavy atom. The van der Waals surface area contributed by atoms with E-state index in [-0.39, 0.29) is 12.4 Å². The predicted molar refractivity (Wildman–Crippen MR) is 70.9 cm³/mol. The Kier molecular flexibility index (Phi) is 4.89. The van der Waals surface area contributed by atoms with Crippen LogP contribution in [0.15, 0.2) is 18.2 Å². The minimum absolute atomic E-state index is 0.0794. The van der Waals surface area contributed by atoms with Crippen LogP contribution in [0.1, 0.15) is 36.8 Å². The third kappa shape index (κ3) is 3.52. The number of aliphatic hydroxyl groups is 1. The third-order valence-corrected chi connectivity index (χ3v) is 3.78. The molecule has 19 heavy (non-hydrogen) atoms. The van der Waals surface area contributed by atoms with Crippen molar-refractivity contribution < 1.29 is 9.50 Å². The third-order valence-electron chi connectivity index (χ3n) is 3.78. The van der Waals surface area contributed by atoms with Crippen molar-refractivity contribution in [3.63, 3.8) is 0 Å². The van der Waals surface area contributed by atoms with Gasteiger partial charge in [0.05, 0.1) is 18.2 Å². The number of hydrogen-bond acceptors (Lipinski definition) is 3. The second kappa shape index (κ2) is 6.65.